The molecule has 2 aliphatic rings. The number of fused-ring (bicyclic) bond motifs is 1. The van der Waals surface area contributed by atoms with Gasteiger partial charge in [-0.05, 0) is 19.2 Å². The van der Waals surface area contributed by atoms with Crippen LogP contribution < -0.4 is 10.1 Å². The van der Waals surface area contributed by atoms with Crippen molar-refractivity contribution in [3.63, 3.8) is 0 Å². The number of anilines is 1. The highest BCUT2D eigenvalue weighted by atomic mass is 19.4. The molecule has 0 saturated carbocycles. The van der Waals surface area contributed by atoms with Crippen LogP contribution in [0.15, 0.2) is 12.1 Å². The Morgan fingerprint density at radius 2 is 2.27 bits per heavy atom. The van der Waals surface area contributed by atoms with Crippen molar-refractivity contribution in [1.82, 2.24) is 9.88 Å². The molecule has 0 aliphatic carbocycles. The maximum atomic E-state index is 12.6. The standard InChI is InChI=1S/C13H11F3N4O2/c1-20-6-12(4-7(20)5-17)11(21)19-10-8(22-12)2-3-9(18-10)13(14,15)16/h2-3,7H,4,6H2,1H3,(H,18,19,21)/t7-,12+/m0/s1. The van der Waals surface area contributed by atoms with Crippen molar-refractivity contribution in [2.45, 2.75) is 24.2 Å². The van der Waals surface area contributed by atoms with Crippen molar-refractivity contribution in [2.24, 2.45) is 0 Å². The highest BCUT2D eigenvalue weighted by molar-refractivity contribution is 6.00. The molecule has 2 aliphatic heterocycles. The topological polar surface area (TPSA) is 78.2 Å². The molecule has 6 nitrogen and oxygen atoms in total. The lowest BCUT2D eigenvalue weighted by atomic mass is 9.97. The van der Waals surface area contributed by atoms with Crippen molar-refractivity contribution in [1.29, 1.82) is 5.26 Å². The van der Waals surface area contributed by atoms with Crippen molar-refractivity contribution < 1.29 is 22.7 Å². The second-order valence-electron chi connectivity index (χ2n) is 5.36. The minimum Gasteiger partial charge on any atom is -0.472 e. The quantitative estimate of drug-likeness (QED) is 0.783. The molecule has 0 radical (unpaired) electrons. The minimum atomic E-state index is -4.60. The molecule has 1 spiro atoms. The Balaban J connectivity index is 1.95. The van der Waals surface area contributed by atoms with E-state index in [-0.39, 0.29) is 24.5 Å². The summed E-state index contributed by atoms with van der Waals surface area (Å²) in [5.74, 6) is -0.774. The van der Waals surface area contributed by atoms with E-state index in [2.05, 4.69) is 16.4 Å². The smallest absolute Gasteiger partial charge is 0.433 e. The number of alkyl halides is 3. The number of hydrogen-bond acceptors (Lipinski definition) is 5. The number of aromatic nitrogens is 1. The van der Waals surface area contributed by atoms with Crippen molar-refractivity contribution in [3.8, 4) is 11.8 Å². The van der Waals surface area contributed by atoms with Gasteiger partial charge < -0.3 is 10.1 Å². The SMILES string of the molecule is CN1C[C@@]2(C[C@H]1C#N)Oc1ccc(C(F)(F)F)nc1NC2=O. The van der Waals surface area contributed by atoms with E-state index in [9.17, 15) is 18.0 Å². The molecule has 1 fully saturated rings. The summed E-state index contributed by atoms with van der Waals surface area (Å²) in [6.07, 6.45) is -4.46. The molecule has 1 aromatic rings. The van der Waals surface area contributed by atoms with Crippen LogP contribution in [0.2, 0.25) is 0 Å². The number of ether oxygens (including phenoxy) is 1. The van der Waals surface area contributed by atoms with Gasteiger partial charge >= 0.3 is 6.18 Å². The predicted molar refractivity (Wildman–Crippen MR) is 67.9 cm³/mol. The number of nitriles is 1. The number of amides is 1. The summed E-state index contributed by atoms with van der Waals surface area (Å²) in [5.41, 5.74) is -2.38. The van der Waals surface area contributed by atoms with Gasteiger partial charge in [0.15, 0.2) is 11.6 Å². The van der Waals surface area contributed by atoms with Crippen molar-refractivity contribution in [2.75, 3.05) is 18.9 Å². The lowest BCUT2D eigenvalue weighted by molar-refractivity contribution is -0.141. The van der Waals surface area contributed by atoms with Crippen molar-refractivity contribution in [3.05, 3.63) is 17.8 Å². The van der Waals surface area contributed by atoms with Crippen molar-refractivity contribution >= 4 is 11.7 Å². The van der Waals surface area contributed by atoms with Gasteiger partial charge in [0.1, 0.15) is 11.7 Å². The van der Waals surface area contributed by atoms with E-state index in [1.165, 1.54) is 0 Å². The van der Waals surface area contributed by atoms with Crippen LogP contribution in [0.3, 0.4) is 0 Å². The van der Waals surface area contributed by atoms with Crippen LogP contribution in [-0.2, 0) is 11.0 Å². The maximum Gasteiger partial charge on any atom is 0.433 e. The van der Waals surface area contributed by atoms with Gasteiger partial charge in [-0.3, -0.25) is 9.69 Å². The number of nitrogens with zero attached hydrogens (tertiary/aromatic N) is 3. The zero-order valence-corrected chi connectivity index (χ0v) is 11.4. The maximum absolute atomic E-state index is 12.6. The van der Waals surface area contributed by atoms with Gasteiger partial charge in [0.25, 0.3) is 5.91 Å². The summed E-state index contributed by atoms with van der Waals surface area (Å²) in [6, 6.07) is 3.50. The van der Waals surface area contributed by atoms with E-state index in [1.54, 1.807) is 11.9 Å². The van der Waals surface area contributed by atoms with E-state index in [4.69, 9.17) is 10.00 Å². The number of carbonyl (C=O) groups is 1. The summed E-state index contributed by atoms with van der Waals surface area (Å²) < 4.78 is 43.5. The molecule has 1 aromatic heterocycles. The second kappa shape index (κ2) is 4.58. The van der Waals surface area contributed by atoms with Gasteiger partial charge in [0.2, 0.25) is 5.60 Å². The van der Waals surface area contributed by atoms with Crippen LogP contribution in [0.25, 0.3) is 0 Å². The molecule has 0 aromatic carbocycles. The minimum absolute atomic E-state index is 0.0691. The molecule has 0 unspecified atom stereocenters. The average molecular weight is 312 g/mol. The lowest BCUT2D eigenvalue weighted by Gasteiger charge is -2.33. The highest BCUT2D eigenvalue weighted by Gasteiger charge is 2.53. The van der Waals surface area contributed by atoms with Crippen LogP contribution in [0.4, 0.5) is 19.0 Å². The largest absolute Gasteiger partial charge is 0.472 e. The molecule has 3 rings (SSSR count). The van der Waals surface area contributed by atoms with Crippen LogP contribution in [0.1, 0.15) is 12.1 Å². The Morgan fingerprint density at radius 3 is 2.86 bits per heavy atom. The molecule has 1 amide bonds. The van der Waals surface area contributed by atoms with Gasteiger partial charge in [-0.2, -0.15) is 18.4 Å². The Hall–Kier alpha value is -2.34. The number of rotatable bonds is 0. The molecule has 1 N–H and O–H groups in total. The molecule has 116 valence electrons. The molecule has 2 atom stereocenters. The summed E-state index contributed by atoms with van der Waals surface area (Å²) in [5, 5.41) is 11.4. The molecule has 22 heavy (non-hydrogen) atoms. The lowest BCUT2D eigenvalue weighted by Crippen LogP contribution is -2.52. The fourth-order valence-electron chi connectivity index (χ4n) is 2.68. The van der Waals surface area contributed by atoms with Crippen LogP contribution in [0, 0.1) is 11.3 Å². The van der Waals surface area contributed by atoms with E-state index >= 15 is 0 Å². The number of halogens is 3. The summed E-state index contributed by atoms with van der Waals surface area (Å²) in [4.78, 5) is 17.3. The van der Waals surface area contributed by atoms with Crippen LogP contribution in [0.5, 0.6) is 5.75 Å². The first-order valence-corrected chi connectivity index (χ1v) is 6.44. The third-order valence-corrected chi connectivity index (χ3v) is 3.81. The van der Waals surface area contributed by atoms with E-state index in [0.717, 1.165) is 12.1 Å². The summed E-state index contributed by atoms with van der Waals surface area (Å²) in [6.45, 7) is 0.178. The number of hydrogen-bond donors (Lipinski definition) is 1. The highest BCUT2D eigenvalue weighted by Crippen LogP contribution is 2.40. The molecular formula is C13H11F3N4O2. The molecule has 9 heteroatoms. The fourth-order valence-corrected chi connectivity index (χ4v) is 2.68. The first-order valence-electron chi connectivity index (χ1n) is 6.44. The Bertz CT molecular complexity index is 685. The Labute approximate surface area is 123 Å². The molecule has 3 heterocycles. The van der Waals surface area contributed by atoms with E-state index in [1.807, 2.05) is 0 Å². The average Bonchev–Trinajstić information content (AvgIpc) is 2.75. The van der Waals surface area contributed by atoms with Gasteiger partial charge in [-0.25, -0.2) is 4.98 Å². The third kappa shape index (κ3) is 2.16. The number of likely N-dealkylation sites (N-methyl/N-ethyl adjacent to an activating group) is 1. The predicted octanol–water partition coefficient (Wildman–Crippen LogP) is 1.40. The number of nitrogens with one attached hydrogen (secondary N) is 1. The van der Waals surface area contributed by atoms with Gasteiger partial charge in [0, 0.05) is 13.0 Å². The van der Waals surface area contributed by atoms with Crippen LogP contribution in [-0.4, -0.2) is 41.0 Å². The fraction of sp³-hybridized carbons (Fsp3) is 0.462. The zero-order chi connectivity index (χ0) is 16.1. The summed E-state index contributed by atoms with van der Waals surface area (Å²) in [7, 11) is 1.68. The number of pyridine rings is 1. The number of likely N-dealkylation sites (tertiary alicyclic amines) is 1. The van der Waals surface area contributed by atoms with Gasteiger partial charge in [0.05, 0.1) is 6.07 Å². The molecule has 0 bridgehead atoms. The van der Waals surface area contributed by atoms with E-state index < -0.39 is 29.4 Å². The third-order valence-electron chi connectivity index (χ3n) is 3.81. The van der Waals surface area contributed by atoms with Gasteiger partial charge in [-0.15, -0.1) is 0 Å². The first-order chi connectivity index (χ1) is 10.2. The second-order valence-corrected chi connectivity index (χ2v) is 5.36. The first kappa shape index (κ1) is 14.6. The zero-order valence-electron chi connectivity index (χ0n) is 11.4. The number of carbonyl (C=O) groups excluding carboxylic acids is 1. The normalized spacial score (nSPS) is 28.0. The molecule has 1 saturated heterocycles. The monoisotopic (exact) mass is 312 g/mol. The summed E-state index contributed by atoms with van der Waals surface area (Å²) >= 11 is 0. The van der Waals surface area contributed by atoms with Gasteiger partial charge in [-0.1, -0.05) is 0 Å². The van der Waals surface area contributed by atoms with Crippen LogP contribution >= 0.6 is 0 Å². The van der Waals surface area contributed by atoms with E-state index in [0.29, 0.717) is 0 Å². The molecular weight excluding hydrogens is 301 g/mol. The Kier molecular flexibility index (Phi) is 3.04. The Morgan fingerprint density at radius 1 is 1.55 bits per heavy atom.